The topological polar surface area (TPSA) is 73.3 Å². The number of hydrogen-bond acceptors (Lipinski definition) is 5. The number of nitrogens with one attached hydrogen (secondary N) is 1. The maximum Gasteiger partial charge on any atom is 0.387 e. The van der Waals surface area contributed by atoms with Crippen LogP contribution in [0.15, 0.2) is 83.2 Å². The Hall–Kier alpha value is -3.69. The number of nitrogens with zero attached hydrogens (tertiary/aromatic N) is 2. The fourth-order valence-corrected chi connectivity index (χ4v) is 3.58. The highest BCUT2D eigenvalue weighted by Crippen LogP contribution is 2.26. The van der Waals surface area contributed by atoms with Gasteiger partial charge in [0.2, 0.25) is 5.91 Å². The van der Waals surface area contributed by atoms with Crippen LogP contribution >= 0.6 is 0 Å². The SMILES string of the molecule is C=C(\C=C/C(OC(F)F)=C(C)/C(/C=C(\C)OC(F)F)=C/C=C(C)CC)Cc1cnc(CNC(=O)C2CCC2)nc1.CCC. The van der Waals surface area contributed by atoms with Crippen LogP contribution in [0.25, 0.3) is 0 Å². The summed E-state index contributed by atoms with van der Waals surface area (Å²) in [7, 11) is 0. The number of hydrogen-bond donors (Lipinski definition) is 1. The zero-order valence-corrected chi connectivity index (χ0v) is 26.1. The molecule has 10 heteroatoms. The number of carbonyl (C=O) groups is 1. The number of rotatable bonds is 15. The molecule has 2 rings (SSSR count). The first-order chi connectivity index (χ1) is 20.4. The first-order valence-corrected chi connectivity index (χ1v) is 14.5. The molecule has 0 saturated heterocycles. The van der Waals surface area contributed by atoms with Crippen LogP contribution in [0.5, 0.6) is 0 Å². The van der Waals surface area contributed by atoms with E-state index < -0.39 is 13.2 Å². The number of amides is 1. The first kappa shape index (κ1) is 37.3. The molecule has 1 aromatic rings. The second-order valence-electron chi connectivity index (χ2n) is 10.2. The zero-order chi connectivity index (χ0) is 32.4. The van der Waals surface area contributed by atoms with Crippen LogP contribution in [-0.4, -0.2) is 29.1 Å². The number of halogens is 4. The van der Waals surface area contributed by atoms with Gasteiger partial charge in [0.15, 0.2) is 0 Å². The third kappa shape index (κ3) is 15.4. The molecule has 1 heterocycles. The second-order valence-corrected chi connectivity index (χ2v) is 10.2. The van der Waals surface area contributed by atoms with Crippen LogP contribution in [-0.2, 0) is 27.2 Å². The quantitative estimate of drug-likeness (QED) is 0.122. The highest BCUT2D eigenvalue weighted by molar-refractivity contribution is 5.79. The van der Waals surface area contributed by atoms with Crippen LogP contribution in [0.4, 0.5) is 17.6 Å². The minimum atomic E-state index is -3.11. The van der Waals surface area contributed by atoms with Gasteiger partial charge < -0.3 is 14.8 Å². The molecule has 1 aromatic heterocycles. The Balaban J connectivity index is 0.00000295. The van der Waals surface area contributed by atoms with Crippen LogP contribution in [0, 0.1) is 5.92 Å². The molecule has 43 heavy (non-hydrogen) atoms. The summed E-state index contributed by atoms with van der Waals surface area (Å²) >= 11 is 0. The van der Waals surface area contributed by atoms with Crippen molar-refractivity contribution >= 4 is 5.91 Å². The van der Waals surface area contributed by atoms with E-state index in [-0.39, 0.29) is 29.9 Å². The Morgan fingerprint density at radius 3 is 2.14 bits per heavy atom. The van der Waals surface area contributed by atoms with Crippen molar-refractivity contribution in [3.8, 4) is 0 Å². The summed E-state index contributed by atoms with van der Waals surface area (Å²) in [5.74, 6) is 0.346. The smallest absolute Gasteiger partial charge is 0.387 e. The molecule has 0 aliphatic heterocycles. The largest absolute Gasteiger partial charge is 0.440 e. The zero-order valence-electron chi connectivity index (χ0n) is 26.1. The highest BCUT2D eigenvalue weighted by Gasteiger charge is 2.24. The standard InChI is InChI=1S/C30H37F4N3O3.C3H8/c1-6-19(2)10-12-25(15-21(4)39-29(31)32)22(5)26(40-30(33)34)13-11-20(3)14-23-16-35-27(36-17-23)18-37-28(38)24-8-7-9-24;1-3-2/h10-13,15-17,24,29-30H,3,6-9,14,18H2,1-2,4-5H3,(H,37,38);3H2,1-2H3/b13-11-,19-10?,21-15+,25-12+,26-22-;. The van der Waals surface area contributed by atoms with Crippen molar-refractivity contribution in [2.45, 2.75) is 99.8 Å². The van der Waals surface area contributed by atoms with Gasteiger partial charge in [-0.1, -0.05) is 69.6 Å². The van der Waals surface area contributed by atoms with E-state index in [0.717, 1.165) is 36.8 Å². The molecule has 0 spiro atoms. The molecule has 238 valence electrons. The molecule has 1 fully saturated rings. The minimum absolute atomic E-state index is 0.0179. The summed E-state index contributed by atoms with van der Waals surface area (Å²) in [4.78, 5) is 20.5. The Labute approximate surface area is 253 Å². The predicted octanol–water partition coefficient (Wildman–Crippen LogP) is 8.90. The number of allylic oxidation sites excluding steroid dienone is 10. The van der Waals surface area contributed by atoms with Gasteiger partial charge in [-0.3, -0.25) is 4.79 Å². The van der Waals surface area contributed by atoms with Crippen LogP contribution in [0.2, 0.25) is 0 Å². The Morgan fingerprint density at radius 1 is 1.02 bits per heavy atom. The third-order valence-electron chi connectivity index (χ3n) is 6.31. The molecule has 0 aromatic carbocycles. The highest BCUT2D eigenvalue weighted by atomic mass is 19.3. The normalized spacial score (nSPS) is 15.1. The van der Waals surface area contributed by atoms with Crippen LogP contribution < -0.4 is 5.32 Å². The maximum absolute atomic E-state index is 13.3. The summed E-state index contributed by atoms with van der Waals surface area (Å²) in [5, 5.41) is 2.84. The van der Waals surface area contributed by atoms with Gasteiger partial charge in [0.1, 0.15) is 17.3 Å². The molecule has 0 unspecified atom stereocenters. The Bertz CT molecular complexity index is 1180. The van der Waals surface area contributed by atoms with Crippen LogP contribution in [0.3, 0.4) is 0 Å². The molecule has 6 nitrogen and oxygen atoms in total. The Morgan fingerprint density at radius 2 is 1.63 bits per heavy atom. The van der Waals surface area contributed by atoms with Gasteiger partial charge in [0.05, 0.1) is 6.54 Å². The lowest BCUT2D eigenvalue weighted by Crippen LogP contribution is -2.34. The van der Waals surface area contributed by atoms with Crippen molar-refractivity contribution in [3.05, 3.63) is 94.6 Å². The van der Waals surface area contributed by atoms with E-state index in [0.29, 0.717) is 29.0 Å². The van der Waals surface area contributed by atoms with Gasteiger partial charge in [-0.05, 0) is 75.3 Å². The summed E-state index contributed by atoms with van der Waals surface area (Å²) in [5.41, 5.74) is 2.96. The molecule has 0 radical (unpaired) electrons. The molecule has 1 aliphatic rings. The summed E-state index contributed by atoms with van der Waals surface area (Å²) in [6.45, 7) is 9.09. The van der Waals surface area contributed by atoms with Crippen LogP contribution in [0.1, 0.15) is 85.0 Å². The molecular weight excluding hydrogens is 562 g/mol. The van der Waals surface area contributed by atoms with Gasteiger partial charge in [-0.25, -0.2) is 9.97 Å². The molecule has 1 saturated carbocycles. The average molecular weight is 608 g/mol. The third-order valence-corrected chi connectivity index (χ3v) is 6.31. The van der Waals surface area contributed by atoms with Gasteiger partial charge in [0, 0.05) is 18.3 Å². The van der Waals surface area contributed by atoms with E-state index in [4.69, 9.17) is 4.74 Å². The summed E-state index contributed by atoms with van der Waals surface area (Å²) in [6, 6.07) is 0. The fraction of sp³-hybridized carbons (Fsp3) is 0.485. The summed E-state index contributed by atoms with van der Waals surface area (Å²) < 4.78 is 61.1. The van der Waals surface area contributed by atoms with Crippen molar-refractivity contribution in [1.29, 1.82) is 0 Å². The second kappa shape index (κ2) is 20.3. The van der Waals surface area contributed by atoms with Gasteiger partial charge in [-0.15, -0.1) is 0 Å². The van der Waals surface area contributed by atoms with Crippen molar-refractivity contribution in [2.75, 3.05) is 0 Å². The Kier molecular flexibility index (Phi) is 17.6. The van der Waals surface area contributed by atoms with Gasteiger partial charge in [0.25, 0.3) is 0 Å². The molecule has 0 bridgehead atoms. The lowest BCUT2D eigenvalue weighted by atomic mass is 9.85. The van der Waals surface area contributed by atoms with Gasteiger partial charge in [-0.2, -0.15) is 17.6 Å². The van der Waals surface area contributed by atoms with Gasteiger partial charge >= 0.3 is 13.2 Å². The van der Waals surface area contributed by atoms with Crippen molar-refractivity contribution in [2.24, 2.45) is 5.92 Å². The number of alkyl halides is 4. The molecule has 1 N–H and O–H groups in total. The molecule has 0 atom stereocenters. The number of ether oxygens (including phenoxy) is 2. The lowest BCUT2D eigenvalue weighted by Gasteiger charge is -2.23. The maximum atomic E-state index is 13.3. The van der Waals surface area contributed by atoms with E-state index >= 15 is 0 Å². The minimum Gasteiger partial charge on any atom is -0.440 e. The van der Waals surface area contributed by atoms with E-state index in [1.165, 1.54) is 31.6 Å². The van der Waals surface area contributed by atoms with Crippen molar-refractivity contribution in [1.82, 2.24) is 15.3 Å². The number of carbonyl (C=O) groups excluding carboxylic acids is 1. The fourth-order valence-electron chi connectivity index (χ4n) is 3.58. The first-order valence-electron chi connectivity index (χ1n) is 14.5. The average Bonchev–Trinajstić information content (AvgIpc) is 2.91. The van der Waals surface area contributed by atoms with E-state index in [1.807, 2.05) is 13.8 Å². The molecular formula is C33H45F4N3O3. The lowest BCUT2D eigenvalue weighted by molar-refractivity contribution is -0.127. The monoisotopic (exact) mass is 607 g/mol. The van der Waals surface area contributed by atoms with E-state index in [9.17, 15) is 22.4 Å². The van der Waals surface area contributed by atoms with Crippen molar-refractivity contribution in [3.63, 3.8) is 0 Å². The van der Waals surface area contributed by atoms with E-state index in [2.05, 4.69) is 40.4 Å². The predicted molar refractivity (Wildman–Crippen MR) is 162 cm³/mol. The molecule has 1 amide bonds. The van der Waals surface area contributed by atoms with Crippen molar-refractivity contribution < 1.29 is 31.8 Å². The number of aromatic nitrogens is 2. The van der Waals surface area contributed by atoms with E-state index in [1.54, 1.807) is 31.5 Å². The molecule has 1 aliphatic carbocycles. The summed E-state index contributed by atoms with van der Waals surface area (Å²) in [6.07, 6.45) is 16.1.